The van der Waals surface area contributed by atoms with Crippen LogP contribution in [0.15, 0.2) is 65.9 Å². The number of hydrogen-bond donors (Lipinski definition) is 1. The third-order valence-corrected chi connectivity index (χ3v) is 9.83. The van der Waals surface area contributed by atoms with Crippen molar-refractivity contribution in [1.82, 2.24) is 9.97 Å². The predicted molar refractivity (Wildman–Crippen MR) is 193 cm³/mol. The van der Waals surface area contributed by atoms with Gasteiger partial charge in [0.1, 0.15) is 5.01 Å². The molecule has 0 saturated carbocycles. The van der Waals surface area contributed by atoms with Crippen LogP contribution in [0.25, 0.3) is 32.6 Å². The number of allylic oxidation sites excluding steroid dienone is 2. The summed E-state index contributed by atoms with van der Waals surface area (Å²) >= 11 is 1.35. The fourth-order valence-corrected chi connectivity index (χ4v) is 6.37. The maximum absolute atomic E-state index is 13.3. The van der Waals surface area contributed by atoms with Crippen LogP contribution in [-0.4, -0.2) is 27.0 Å². The standard InChI is InChI=1S/C27H26F3N2S.C13H24O2.Ir/c1-25(2,3)22-13-19(12-17-8-6-7-9-21(17)22)23-14-18(10-11-31-23)24-32-20(16-33-24)15-26(4,5)27(28,29)30;1-5-10(6-2)12(14)9-13(15)11(7-3)8-4;/h6-11,13-14,16H,15H2,1-5H3;9-11,14H,5-8H2,1-4H3;/q-1;;/b;12-9-;. The summed E-state index contributed by atoms with van der Waals surface area (Å²) < 4.78 is 39.8. The quantitative estimate of drug-likeness (QED) is 0.0926. The number of ketones is 1. The number of benzene rings is 2. The molecule has 1 radical (unpaired) electrons. The Labute approximate surface area is 308 Å². The van der Waals surface area contributed by atoms with E-state index in [-0.39, 0.29) is 55.3 Å². The number of carbonyl (C=O) groups excluding carboxylic acids is 1. The van der Waals surface area contributed by atoms with Gasteiger partial charge in [-0.2, -0.15) is 13.2 Å². The van der Waals surface area contributed by atoms with Crippen molar-refractivity contribution in [2.75, 3.05) is 0 Å². The zero-order valence-corrected chi connectivity index (χ0v) is 33.3. The molecule has 0 aliphatic heterocycles. The number of halogens is 3. The molecule has 9 heteroatoms. The molecule has 0 amide bonds. The van der Waals surface area contributed by atoms with E-state index in [4.69, 9.17) is 0 Å². The third-order valence-electron chi connectivity index (χ3n) is 8.89. The Morgan fingerprint density at radius 3 is 2.12 bits per heavy atom. The van der Waals surface area contributed by atoms with E-state index in [9.17, 15) is 23.1 Å². The second-order valence-corrected chi connectivity index (χ2v) is 14.9. The normalized spacial score (nSPS) is 12.6. The average Bonchev–Trinajstić information content (AvgIpc) is 3.49. The van der Waals surface area contributed by atoms with E-state index in [2.05, 4.69) is 48.9 Å². The maximum Gasteiger partial charge on any atom is 0.394 e. The van der Waals surface area contributed by atoms with Gasteiger partial charge in [-0.05, 0) is 37.2 Å². The molecule has 0 unspecified atom stereocenters. The minimum atomic E-state index is -4.28. The molecule has 0 spiro atoms. The Bertz CT molecular complexity index is 1700. The number of aliphatic hydroxyl groups excluding tert-OH is 1. The summed E-state index contributed by atoms with van der Waals surface area (Å²) in [6.45, 7) is 17.0. The number of hydrogen-bond acceptors (Lipinski definition) is 5. The molecule has 4 rings (SSSR count). The molecule has 0 bridgehead atoms. The van der Waals surface area contributed by atoms with Gasteiger partial charge in [0.05, 0.1) is 16.9 Å². The number of alkyl halides is 3. The molecule has 4 aromatic rings. The van der Waals surface area contributed by atoms with E-state index in [0.717, 1.165) is 47.9 Å². The molecular formula is C40H50F3IrN2O2S-. The second-order valence-electron chi connectivity index (χ2n) is 14.0. The number of nitrogens with zero attached hydrogens (tertiary/aromatic N) is 2. The van der Waals surface area contributed by atoms with Crippen molar-refractivity contribution in [3.8, 4) is 21.8 Å². The zero-order valence-electron chi connectivity index (χ0n) is 30.1. The number of carbonyl (C=O) groups is 1. The molecule has 2 aromatic carbocycles. The van der Waals surface area contributed by atoms with Crippen molar-refractivity contribution in [3.05, 3.63) is 83.2 Å². The van der Waals surface area contributed by atoms with Crippen LogP contribution < -0.4 is 0 Å². The van der Waals surface area contributed by atoms with E-state index in [0.29, 0.717) is 10.7 Å². The number of pyridine rings is 1. The summed E-state index contributed by atoms with van der Waals surface area (Å²) in [5.74, 6) is 0.547. The van der Waals surface area contributed by atoms with Crippen LogP contribution in [-0.2, 0) is 36.7 Å². The van der Waals surface area contributed by atoms with Crippen LogP contribution >= 0.6 is 11.3 Å². The van der Waals surface area contributed by atoms with Crippen LogP contribution in [0.5, 0.6) is 0 Å². The van der Waals surface area contributed by atoms with Crippen molar-refractivity contribution < 1.29 is 43.2 Å². The second kappa shape index (κ2) is 17.9. The molecule has 1 N–H and O–H groups in total. The number of fused-ring (bicyclic) bond motifs is 1. The first-order valence-corrected chi connectivity index (χ1v) is 17.7. The van der Waals surface area contributed by atoms with Gasteiger partial charge in [-0.1, -0.05) is 97.5 Å². The van der Waals surface area contributed by atoms with E-state index < -0.39 is 11.6 Å². The van der Waals surface area contributed by atoms with E-state index in [1.165, 1.54) is 42.2 Å². The van der Waals surface area contributed by atoms with Crippen molar-refractivity contribution in [3.63, 3.8) is 0 Å². The van der Waals surface area contributed by atoms with Gasteiger partial charge in [0.15, 0.2) is 5.78 Å². The van der Waals surface area contributed by atoms with Gasteiger partial charge in [-0.3, -0.25) is 9.78 Å². The summed E-state index contributed by atoms with van der Waals surface area (Å²) in [7, 11) is 0. The Morgan fingerprint density at radius 1 is 0.939 bits per heavy atom. The molecule has 0 atom stereocenters. The minimum Gasteiger partial charge on any atom is -0.512 e. The van der Waals surface area contributed by atoms with Crippen molar-refractivity contribution in [2.24, 2.45) is 17.3 Å². The smallest absolute Gasteiger partial charge is 0.394 e. The summed E-state index contributed by atoms with van der Waals surface area (Å²) in [6.07, 6.45) is 2.18. The molecule has 0 saturated heterocycles. The van der Waals surface area contributed by atoms with E-state index in [1.807, 2.05) is 58.0 Å². The van der Waals surface area contributed by atoms with Gasteiger partial charge in [-0.15, -0.1) is 40.5 Å². The van der Waals surface area contributed by atoms with Gasteiger partial charge < -0.3 is 5.11 Å². The molecule has 2 aromatic heterocycles. The van der Waals surface area contributed by atoms with E-state index in [1.54, 1.807) is 11.6 Å². The van der Waals surface area contributed by atoms with Crippen molar-refractivity contribution in [1.29, 1.82) is 0 Å². The first-order valence-electron chi connectivity index (χ1n) is 16.8. The summed E-state index contributed by atoms with van der Waals surface area (Å²) in [5.41, 5.74) is 2.25. The number of thiazole rings is 1. The van der Waals surface area contributed by atoms with Crippen molar-refractivity contribution in [2.45, 2.75) is 106 Å². The summed E-state index contributed by atoms with van der Waals surface area (Å²) in [4.78, 5) is 20.8. The number of aliphatic hydroxyl groups is 1. The Hall–Kier alpha value is -2.87. The van der Waals surface area contributed by atoms with Gasteiger partial charge in [0.25, 0.3) is 0 Å². The predicted octanol–water partition coefficient (Wildman–Crippen LogP) is 12.1. The van der Waals surface area contributed by atoms with Gasteiger partial charge in [0.2, 0.25) is 0 Å². The number of aromatic nitrogens is 2. The monoisotopic (exact) mass is 872 g/mol. The molecule has 0 fully saturated rings. The third kappa shape index (κ3) is 11.1. The van der Waals surface area contributed by atoms with Crippen LogP contribution in [0.1, 0.15) is 99.3 Å². The van der Waals surface area contributed by atoms with Crippen molar-refractivity contribution >= 4 is 27.9 Å². The Balaban J connectivity index is 0.000000444. The molecule has 2 heterocycles. The van der Waals surface area contributed by atoms with E-state index >= 15 is 0 Å². The fourth-order valence-electron chi connectivity index (χ4n) is 5.55. The zero-order chi connectivity index (χ0) is 35.9. The SMILES string of the molecule is CC(C)(C)c1cc(-c2cc(-c3nc(CC(C)(C)C(F)(F)F)cs3)ccn2)[c-]c2ccccc12.CCC(CC)C(=O)/C=C(\O)C(CC)CC.[Ir]. The first kappa shape index (κ1) is 42.3. The molecule has 269 valence electrons. The van der Waals surface area contributed by atoms with Gasteiger partial charge in [-0.25, -0.2) is 4.98 Å². The largest absolute Gasteiger partial charge is 0.512 e. The summed E-state index contributed by atoms with van der Waals surface area (Å²) in [6, 6.07) is 17.6. The van der Waals surface area contributed by atoms with Gasteiger partial charge >= 0.3 is 6.18 Å². The topological polar surface area (TPSA) is 63.1 Å². The molecule has 49 heavy (non-hydrogen) atoms. The molecule has 4 nitrogen and oxygen atoms in total. The molecule has 0 aliphatic carbocycles. The minimum absolute atomic E-state index is 0. The Kier molecular flexibility index (Phi) is 15.4. The van der Waals surface area contributed by atoms with Crippen LogP contribution in [0, 0.1) is 23.3 Å². The Morgan fingerprint density at radius 2 is 1.55 bits per heavy atom. The number of rotatable bonds is 11. The van der Waals surface area contributed by atoms with Crippen LogP contribution in [0.4, 0.5) is 13.2 Å². The maximum atomic E-state index is 13.3. The van der Waals surface area contributed by atoms with Crippen LogP contribution in [0.2, 0.25) is 0 Å². The average molecular weight is 872 g/mol. The first-order chi connectivity index (χ1) is 22.4. The van der Waals surface area contributed by atoms with Crippen LogP contribution in [0.3, 0.4) is 0 Å². The molecular weight excluding hydrogens is 822 g/mol. The van der Waals surface area contributed by atoms with Gasteiger partial charge in [0, 0.05) is 67.3 Å². The molecule has 0 aliphatic rings. The summed E-state index contributed by atoms with van der Waals surface area (Å²) in [5, 5.41) is 14.3. The fraction of sp³-hybridized carbons (Fsp3) is 0.475.